The molecule has 1 aliphatic heterocycles. The Morgan fingerprint density at radius 2 is 1.69 bits per heavy atom. The van der Waals surface area contributed by atoms with Crippen molar-refractivity contribution in [3.8, 4) is 21.0 Å². The van der Waals surface area contributed by atoms with Crippen molar-refractivity contribution in [3.05, 3.63) is 65.9 Å². The molecule has 0 unspecified atom stereocenters. The van der Waals surface area contributed by atoms with E-state index in [1.54, 1.807) is 11.3 Å². The van der Waals surface area contributed by atoms with Crippen LogP contribution in [0.4, 0.5) is 0 Å². The van der Waals surface area contributed by atoms with Crippen molar-refractivity contribution in [3.63, 3.8) is 0 Å². The number of rotatable bonds is 5. The Balaban J connectivity index is 1.58. The molecular formula is C23H26N4OS. The molecule has 1 aliphatic rings. The van der Waals surface area contributed by atoms with Gasteiger partial charge in [0.25, 0.3) is 0 Å². The van der Waals surface area contributed by atoms with Gasteiger partial charge in [0.2, 0.25) is 5.91 Å². The molecule has 6 heteroatoms. The molecule has 0 saturated carbocycles. The van der Waals surface area contributed by atoms with E-state index in [9.17, 15) is 4.79 Å². The van der Waals surface area contributed by atoms with E-state index in [2.05, 4.69) is 60.7 Å². The number of likely N-dealkylation sites (N-methyl/N-ethyl adjacent to an activating group) is 1. The fourth-order valence-corrected chi connectivity index (χ4v) is 4.49. The van der Waals surface area contributed by atoms with Crippen LogP contribution in [0.15, 0.2) is 54.6 Å². The molecule has 4 rings (SSSR count). The second kappa shape index (κ2) is 8.86. The summed E-state index contributed by atoms with van der Waals surface area (Å²) in [6, 6.07) is 18.6. The number of nitrogens with zero attached hydrogens (tertiary/aromatic N) is 3. The van der Waals surface area contributed by atoms with E-state index in [1.165, 1.54) is 5.56 Å². The SMILES string of the molecule is Cc1ccc(-c2sc(-c3ccccc3)nc2CC(=O)NN2CCN(C)CC2)cc1. The molecular weight excluding hydrogens is 380 g/mol. The summed E-state index contributed by atoms with van der Waals surface area (Å²) in [6.45, 7) is 5.70. The van der Waals surface area contributed by atoms with Crippen LogP contribution >= 0.6 is 11.3 Å². The van der Waals surface area contributed by atoms with Crippen molar-refractivity contribution in [2.45, 2.75) is 13.3 Å². The Bertz CT molecular complexity index is 960. The maximum absolute atomic E-state index is 12.7. The summed E-state index contributed by atoms with van der Waals surface area (Å²) < 4.78 is 0. The summed E-state index contributed by atoms with van der Waals surface area (Å²) in [4.78, 5) is 20.9. The van der Waals surface area contributed by atoms with E-state index >= 15 is 0 Å². The number of hydrogen-bond acceptors (Lipinski definition) is 5. The number of aromatic nitrogens is 1. The number of hydrogen-bond donors (Lipinski definition) is 1. The lowest BCUT2D eigenvalue weighted by Crippen LogP contribution is -2.52. The number of piperazine rings is 1. The normalized spacial score (nSPS) is 15.4. The molecule has 0 aliphatic carbocycles. The summed E-state index contributed by atoms with van der Waals surface area (Å²) in [6.07, 6.45) is 0.277. The summed E-state index contributed by atoms with van der Waals surface area (Å²) in [5, 5.41) is 2.96. The molecule has 150 valence electrons. The molecule has 29 heavy (non-hydrogen) atoms. The Kier molecular flexibility index (Phi) is 6.04. The van der Waals surface area contributed by atoms with E-state index in [-0.39, 0.29) is 12.3 Å². The first-order chi connectivity index (χ1) is 14.1. The summed E-state index contributed by atoms with van der Waals surface area (Å²) >= 11 is 1.65. The highest BCUT2D eigenvalue weighted by molar-refractivity contribution is 7.18. The van der Waals surface area contributed by atoms with Crippen molar-refractivity contribution < 1.29 is 4.79 Å². The molecule has 1 amide bonds. The number of carbonyl (C=O) groups excluding carboxylic acids is 1. The monoisotopic (exact) mass is 406 g/mol. The highest BCUT2D eigenvalue weighted by atomic mass is 32.1. The predicted molar refractivity (Wildman–Crippen MR) is 119 cm³/mol. The zero-order valence-corrected chi connectivity index (χ0v) is 17.7. The first-order valence-corrected chi connectivity index (χ1v) is 10.8. The molecule has 2 aromatic carbocycles. The van der Waals surface area contributed by atoms with Crippen molar-refractivity contribution in [1.82, 2.24) is 20.3 Å². The smallest absolute Gasteiger partial charge is 0.240 e. The maximum atomic E-state index is 12.7. The molecule has 5 nitrogen and oxygen atoms in total. The van der Waals surface area contributed by atoms with E-state index < -0.39 is 0 Å². The molecule has 1 aromatic heterocycles. The molecule has 0 bridgehead atoms. The van der Waals surface area contributed by atoms with Gasteiger partial charge in [-0.3, -0.25) is 10.2 Å². The number of carbonyl (C=O) groups is 1. The zero-order chi connectivity index (χ0) is 20.2. The van der Waals surface area contributed by atoms with Gasteiger partial charge in [-0.05, 0) is 19.5 Å². The van der Waals surface area contributed by atoms with Crippen LogP contribution in [0.3, 0.4) is 0 Å². The van der Waals surface area contributed by atoms with Gasteiger partial charge < -0.3 is 4.90 Å². The molecule has 1 N–H and O–H groups in total. The Morgan fingerprint density at radius 3 is 2.38 bits per heavy atom. The van der Waals surface area contributed by atoms with E-state index in [0.717, 1.165) is 52.9 Å². The minimum absolute atomic E-state index is 0.00664. The topological polar surface area (TPSA) is 48.5 Å². The summed E-state index contributed by atoms with van der Waals surface area (Å²) in [5.74, 6) is -0.00664. The van der Waals surface area contributed by atoms with Crippen LogP contribution in [0.25, 0.3) is 21.0 Å². The van der Waals surface area contributed by atoms with E-state index in [1.807, 2.05) is 23.2 Å². The molecule has 1 saturated heterocycles. The van der Waals surface area contributed by atoms with Crippen LogP contribution in [0.1, 0.15) is 11.3 Å². The first kappa shape index (κ1) is 19.8. The molecule has 2 heterocycles. The number of thiazole rings is 1. The number of nitrogens with one attached hydrogen (secondary N) is 1. The predicted octanol–water partition coefficient (Wildman–Crippen LogP) is 3.61. The van der Waals surface area contributed by atoms with Crippen molar-refractivity contribution in [1.29, 1.82) is 0 Å². The highest BCUT2D eigenvalue weighted by Crippen LogP contribution is 2.35. The van der Waals surface area contributed by atoms with Crippen LogP contribution in [0.5, 0.6) is 0 Å². The van der Waals surface area contributed by atoms with E-state index in [0.29, 0.717) is 0 Å². The molecule has 3 aromatic rings. The van der Waals surface area contributed by atoms with Gasteiger partial charge in [0.05, 0.1) is 17.0 Å². The van der Waals surface area contributed by atoms with Gasteiger partial charge in [-0.2, -0.15) is 0 Å². The summed E-state index contributed by atoms with van der Waals surface area (Å²) in [5.41, 5.74) is 7.30. The Labute approximate surface area is 176 Å². The highest BCUT2D eigenvalue weighted by Gasteiger charge is 2.20. The van der Waals surface area contributed by atoms with Gasteiger partial charge in [-0.1, -0.05) is 60.2 Å². The number of aryl methyl sites for hydroxylation is 1. The van der Waals surface area contributed by atoms with Crippen molar-refractivity contribution in [2.75, 3.05) is 33.2 Å². The average Bonchev–Trinajstić information content (AvgIpc) is 3.14. The average molecular weight is 407 g/mol. The molecule has 0 atom stereocenters. The number of benzene rings is 2. The fourth-order valence-electron chi connectivity index (χ4n) is 3.39. The van der Waals surface area contributed by atoms with Crippen molar-refractivity contribution >= 4 is 17.2 Å². The van der Waals surface area contributed by atoms with E-state index in [4.69, 9.17) is 4.98 Å². The minimum Gasteiger partial charge on any atom is -0.304 e. The molecule has 1 fully saturated rings. The third kappa shape index (κ3) is 4.90. The number of hydrazine groups is 1. The van der Waals surface area contributed by atoms with Gasteiger partial charge in [-0.25, -0.2) is 9.99 Å². The van der Waals surface area contributed by atoms with Crippen LogP contribution in [0.2, 0.25) is 0 Å². The van der Waals surface area contributed by atoms with Crippen LogP contribution in [-0.2, 0) is 11.2 Å². The lowest BCUT2D eigenvalue weighted by Gasteiger charge is -2.32. The largest absolute Gasteiger partial charge is 0.304 e. The van der Waals surface area contributed by atoms with Gasteiger partial charge in [0, 0.05) is 31.7 Å². The van der Waals surface area contributed by atoms with Crippen molar-refractivity contribution in [2.24, 2.45) is 0 Å². The van der Waals surface area contributed by atoms with Crippen LogP contribution < -0.4 is 5.43 Å². The van der Waals surface area contributed by atoms with Gasteiger partial charge in [0.15, 0.2) is 0 Å². The van der Waals surface area contributed by atoms with Gasteiger partial charge in [0.1, 0.15) is 5.01 Å². The van der Waals surface area contributed by atoms with Gasteiger partial charge >= 0.3 is 0 Å². The fraction of sp³-hybridized carbons (Fsp3) is 0.304. The van der Waals surface area contributed by atoms with Crippen LogP contribution in [-0.4, -0.2) is 54.0 Å². The van der Waals surface area contributed by atoms with Crippen LogP contribution in [0, 0.1) is 6.92 Å². The molecule has 0 radical (unpaired) electrons. The summed E-state index contributed by atoms with van der Waals surface area (Å²) in [7, 11) is 2.10. The van der Waals surface area contributed by atoms with Gasteiger partial charge in [-0.15, -0.1) is 11.3 Å². The minimum atomic E-state index is -0.00664. The first-order valence-electron chi connectivity index (χ1n) is 9.93. The quantitative estimate of drug-likeness (QED) is 0.703. The molecule has 0 spiro atoms. The number of amides is 1. The Morgan fingerprint density at radius 1 is 1.00 bits per heavy atom. The lowest BCUT2D eigenvalue weighted by atomic mass is 10.1. The second-order valence-electron chi connectivity index (χ2n) is 7.53. The second-order valence-corrected chi connectivity index (χ2v) is 8.53. The maximum Gasteiger partial charge on any atom is 0.240 e. The lowest BCUT2D eigenvalue weighted by molar-refractivity contribution is -0.126. The third-order valence-electron chi connectivity index (χ3n) is 5.15. The Hall–Kier alpha value is -2.54. The standard InChI is InChI=1S/C23H26N4OS/c1-17-8-10-18(11-9-17)22-20(24-23(29-22)19-6-4-3-5-7-19)16-21(28)25-27-14-12-26(2)13-15-27/h3-11H,12-16H2,1-2H3,(H,25,28). The third-order valence-corrected chi connectivity index (χ3v) is 6.34. The zero-order valence-electron chi connectivity index (χ0n) is 16.9.